The van der Waals surface area contributed by atoms with Crippen molar-refractivity contribution in [3.8, 4) is 0 Å². The third-order valence-electron chi connectivity index (χ3n) is 3.10. The van der Waals surface area contributed by atoms with E-state index in [0.29, 0.717) is 5.56 Å². The van der Waals surface area contributed by atoms with Crippen LogP contribution in [-0.4, -0.2) is 24.9 Å². The van der Waals surface area contributed by atoms with E-state index in [4.69, 9.17) is 5.73 Å². The molecule has 0 heterocycles. The fraction of sp³-hybridized carbons (Fsp3) is 0.467. The average Bonchev–Trinajstić information content (AvgIpc) is 2.42. The molecule has 0 aliphatic rings. The van der Waals surface area contributed by atoms with E-state index in [0.717, 1.165) is 18.7 Å². The third-order valence-corrected chi connectivity index (χ3v) is 3.10. The number of nitrogens with one attached hydrogen (secondary N) is 2. The second kappa shape index (κ2) is 6.93. The summed E-state index contributed by atoms with van der Waals surface area (Å²) in [5.41, 5.74) is 5.89. The lowest BCUT2D eigenvalue weighted by molar-refractivity contribution is -0.125. The normalized spacial score (nSPS) is 10.9. The van der Waals surface area contributed by atoms with Crippen molar-refractivity contribution in [2.75, 3.05) is 18.4 Å². The van der Waals surface area contributed by atoms with Gasteiger partial charge in [0.25, 0.3) is 5.91 Å². The topological polar surface area (TPSA) is 84.2 Å². The molecule has 1 aromatic carbocycles. The van der Waals surface area contributed by atoms with Crippen molar-refractivity contribution < 1.29 is 9.59 Å². The van der Waals surface area contributed by atoms with Gasteiger partial charge in [-0.15, -0.1) is 0 Å². The molecular formula is C15H23N3O2. The highest BCUT2D eigenvalue weighted by molar-refractivity contribution is 5.99. The van der Waals surface area contributed by atoms with Crippen LogP contribution in [0.5, 0.6) is 0 Å². The predicted molar refractivity (Wildman–Crippen MR) is 80.5 cm³/mol. The van der Waals surface area contributed by atoms with Crippen LogP contribution in [0.15, 0.2) is 24.3 Å². The summed E-state index contributed by atoms with van der Waals surface area (Å²) in [5, 5.41) is 5.97. The number of hydrogen-bond acceptors (Lipinski definition) is 3. The summed E-state index contributed by atoms with van der Waals surface area (Å²) in [4.78, 5) is 23.4. The van der Waals surface area contributed by atoms with Gasteiger partial charge in [-0.05, 0) is 32.4 Å². The molecule has 0 aliphatic carbocycles. The van der Waals surface area contributed by atoms with Gasteiger partial charge in [0.05, 0.1) is 11.0 Å². The molecule has 0 spiro atoms. The van der Waals surface area contributed by atoms with E-state index in [1.807, 2.05) is 18.2 Å². The Kier molecular flexibility index (Phi) is 5.55. The molecule has 4 N–H and O–H groups in total. The van der Waals surface area contributed by atoms with Crippen molar-refractivity contribution >= 4 is 17.5 Å². The maximum Gasteiger partial charge on any atom is 0.253 e. The summed E-state index contributed by atoms with van der Waals surface area (Å²) >= 11 is 0. The number of rotatable bonds is 7. The number of nitrogens with two attached hydrogens (primary N) is 1. The summed E-state index contributed by atoms with van der Waals surface area (Å²) in [6.45, 7) is 6.49. The number of hydrogen-bond donors (Lipinski definition) is 3. The first kappa shape index (κ1) is 16.0. The van der Waals surface area contributed by atoms with Crippen LogP contribution in [0.25, 0.3) is 0 Å². The Morgan fingerprint density at radius 1 is 1.25 bits per heavy atom. The van der Waals surface area contributed by atoms with Crippen molar-refractivity contribution in [2.24, 2.45) is 11.1 Å². The Morgan fingerprint density at radius 2 is 1.90 bits per heavy atom. The largest absolute Gasteiger partial charge is 0.384 e. The van der Waals surface area contributed by atoms with Crippen molar-refractivity contribution in [3.05, 3.63) is 29.8 Å². The zero-order valence-electron chi connectivity index (χ0n) is 12.3. The first-order valence-electron chi connectivity index (χ1n) is 6.79. The van der Waals surface area contributed by atoms with Gasteiger partial charge in [-0.2, -0.15) is 0 Å². The number of para-hydroxylation sites is 1. The van der Waals surface area contributed by atoms with E-state index in [1.54, 1.807) is 19.9 Å². The lowest BCUT2D eigenvalue weighted by atomic mass is 9.92. The number of anilines is 1. The second-order valence-electron chi connectivity index (χ2n) is 5.40. The predicted octanol–water partition coefficient (Wildman–Crippen LogP) is 1.75. The molecule has 20 heavy (non-hydrogen) atoms. The van der Waals surface area contributed by atoms with E-state index in [1.165, 1.54) is 0 Å². The number of carbonyl (C=O) groups excluding carboxylic acids is 2. The molecule has 5 heteroatoms. The van der Waals surface area contributed by atoms with E-state index >= 15 is 0 Å². The Hall–Kier alpha value is -2.04. The van der Waals surface area contributed by atoms with Gasteiger partial charge in [-0.1, -0.05) is 19.1 Å². The van der Waals surface area contributed by atoms with Crippen LogP contribution in [-0.2, 0) is 4.79 Å². The lowest BCUT2D eigenvalue weighted by Crippen LogP contribution is -2.42. The molecule has 0 radical (unpaired) electrons. The van der Waals surface area contributed by atoms with E-state index in [9.17, 15) is 9.59 Å². The summed E-state index contributed by atoms with van der Waals surface area (Å²) in [6.07, 6.45) is 0.977. The van der Waals surface area contributed by atoms with Crippen LogP contribution in [0, 0.1) is 5.41 Å². The second-order valence-corrected chi connectivity index (χ2v) is 5.40. The Balaban J connectivity index is 2.75. The number of primary amides is 1. The Morgan fingerprint density at radius 3 is 2.50 bits per heavy atom. The molecule has 0 bridgehead atoms. The van der Waals surface area contributed by atoms with Gasteiger partial charge >= 0.3 is 0 Å². The van der Waals surface area contributed by atoms with Crippen LogP contribution >= 0.6 is 0 Å². The molecule has 0 unspecified atom stereocenters. The molecule has 0 saturated heterocycles. The maximum atomic E-state index is 12.2. The van der Waals surface area contributed by atoms with E-state index in [-0.39, 0.29) is 12.5 Å². The Bertz CT molecular complexity index is 484. The van der Waals surface area contributed by atoms with Crippen molar-refractivity contribution in [2.45, 2.75) is 27.2 Å². The summed E-state index contributed by atoms with van der Waals surface area (Å²) in [7, 11) is 0. The van der Waals surface area contributed by atoms with Crippen LogP contribution in [0.2, 0.25) is 0 Å². The zero-order chi connectivity index (χ0) is 15.2. The first-order valence-corrected chi connectivity index (χ1v) is 6.79. The number of carbonyl (C=O) groups is 2. The Labute approximate surface area is 119 Å². The van der Waals surface area contributed by atoms with Gasteiger partial charge in [-0.3, -0.25) is 9.59 Å². The summed E-state index contributed by atoms with van der Waals surface area (Å²) < 4.78 is 0. The van der Waals surface area contributed by atoms with Crippen LogP contribution in [0.1, 0.15) is 37.6 Å². The van der Waals surface area contributed by atoms with Crippen molar-refractivity contribution in [1.29, 1.82) is 0 Å². The number of amides is 2. The van der Waals surface area contributed by atoms with Gasteiger partial charge in [0.2, 0.25) is 5.91 Å². The smallest absolute Gasteiger partial charge is 0.253 e. The number of benzene rings is 1. The van der Waals surface area contributed by atoms with E-state index < -0.39 is 11.3 Å². The average molecular weight is 277 g/mol. The quantitative estimate of drug-likeness (QED) is 0.710. The molecule has 1 rings (SSSR count). The fourth-order valence-corrected chi connectivity index (χ4v) is 1.58. The molecular weight excluding hydrogens is 254 g/mol. The fourth-order valence-electron chi connectivity index (χ4n) is 1.58. The SMILES string of the molecule is CCCNc1ccccc1C(=O)NCC(C)(C)C(N)=O. The minimum atomic E-state index is -0.762. The maximum absolute atomic E-state index is 12.2. The molecule has 5 nitrogen and oxygen atoms in total. The highest BCUT2D eigenvalue weighted by Crippen LogP contribution is 2.16. The molecule has 110 valence electrons. The van der Waals surface area contributed by atoms with E-state index in [2.05, 4.69) is 17.6 Å². The summed E-state index contributed by atoms with van der Waals surface area (Å²) in [6, 6.07) is 7.31. The third kappa shape index (κ3) is 4.26. The lowest BCUT2D eigenvalue weighted by Gasteiger charge is -2.21. The van der Waals surface area contributed by atoms with Crippen LogP contribution in [0.4, 0.5) is 5.69 Å². The highest BCUT2D eigenvalue weighted by atomic mass is 16.2. The molecule has 1 aromatic rings. The van der Waals surface area contributed by atoms with Gasteiger partial charge in [0.1, 0.15) is 0 Å². The van der Waals surface area contributed by atoms with Gasteiger partial charge in [0, 0.05) is 18.8 Å². The molecule has 0 saturated carbocycles. The van der Waals surface area contributed by atoms with Gasteiger partial charge in [0.15, 0.2) is 0 Å². The van der Waals surface area contributed by atoms with Gasteiger partial charge < -0.3 is 16.4 Å². The van der Waals surface area contributed by atoms with Gasteiger partial charge in [-0.25, -0.2) is 0 Å². The standard InChI is InChI=1S/C15H23N3O2/c1-4-9-17-12-8-6-5-7-11(12)13(19)18-10-15(2,3)14(16)20/h5-8,17H,4,9-10H2,1-3H3,(H2,16,20)(H,18,19). The van der Waals surface area contributed by atoms with Crippen molar-refractivity contribution in [3.63, 3.8) is 0 Å². The summed E-state index contributed by atoms with van der Waals surface area (Å²) in [5.74, 6) is -0.645. The monoisotopic (exact) mass is 277 g/mol. The molecule has 0 aromatic heterocycles. The molecule has 0 fully saturated rings. The van der Waals surface area contributed by atoms with Crippen LogP contribution in [0.3, 0.4) is 0 Å². The minimum Gasteiger partial charge on any atom is -0.384 e. The van der Waals surface area contributed by atoms with Crippen molar-refractivity contribution in [1.82, 2.24) is 5.32 Å². The zero-order valence-corrected chi connectivity index (χ0v) is 12.3. The molecule has 0 atom stereocenters. The first-order chi connectivity index (χ1) is 9.38. The minimum absolute atomic E-state index is 0.210. The van der Waals surface area contributed by atoms with Crippen LogP contribution < -0.4 is 16.4 Å². The molecule has 2 amide bonds. The molecule has 0 aliphatic heterocycles. The highest BCUT2D eigenvalue weighted by Gasteiger charge is 2.25.